The zero-order valence-corrected chi connectivity index (χ0v) is 14.5. The number of benzene rings is 1. The van der Waals surface area contributed by atoms with E-state index in [0.29, 0.717) is 24.6 Å². The number of nitrogens with zero attached hydrogens (tertiary/aromatic N) is 2. The van der Waals surface area contributed by atoms with Gasteiger partial charge in [-0.3, -0.25) is 24.6 Å². The molecule has 2 aliphatic rings. The van der Waals surface area contributed by atoms with Crippen molar-refractivity contribution < 1.29 is 19.6 Å². The molecule has 3 rings (SSSR count). The molecule has 8 heteroatoms. The number of hydrogen-bond acceptors (Lipinski definition) is 5. The van der Waals surface area contributed by atoms with E-state index in [1.807, 2.05) is 4.90 Å². The number of aliphatic carboxylic acids is 1. The van der Waals surface area contributed by atoms with Gasteiger partial charge in [0.1, 0.15) is 6.04 Å². The molecule has 1 aromatic carbocycles. The first-order valence-electron chi connectivity index (χ1n) is 8.98. The summed E-state index contributed by atoms with van der Waals surface area (Å²) in [5.41, 5.74) is 0.458. The summed E-state index contributed by atoms with van der Waals surface area (Å²) in [5, 5.41) is 22.9. The van der Waals surface area contributed by atoms with Gasteiger partial charge in [0.15, 0.2) is 0 Å². The lowest BCUT2D eigenvalue weighted by Gasteiger charge is -2.32. The van der Waals surface area contributed by atoms with Crippen LogP contribution in [0.2, 0.25) is 0 Å². The fraction of sp³-hybridized carbons (Fsp3) is 0.556. The van der Waals surface area contributed by atoms with Gasteiger partial charge >= 0.3 is 5.97 Å². The summed E-state index contributed by atoms with van der Waals surface area (Å²) in [7, 11) is 0. The highest BCUT2D eigenvalue weighted by molar-refractivity contribution is 5.91. The Morgan fingerprint density at radius 1 is 1.23 bits per heavy atom. The van der Waals surface area contributed by atoms with E-state index in [2.05, 4.69) is 5.32 Å². The van der Waals surface area contributed by atoms with Crippen molar-refractivity contribution in [2.75, 3.05) is 11.9 Å². The number of nitro benzene ring substituents is 1. The summed E-state index contributed by atoms with van der Waals surface area (Å²) in [6.07, 6.45) is 5.20. The molecule has 140 valence electrons. The van der Waals surface area contributed by atoms with E-state index in [-0.39, 0.29) is 24.1 Å². The Kier molecular flexibility index (Phi) is 5.51. The fourth-order valence-corrected chi connectivity index (χ4v) is 4.24. The topological polar surface area (TPSA) is 113 Å². The molecule has 8 nitrogen and oxygen atoms in total. The predicted molar refractivity (Wildman–Crippen MR) is 94.8 cm³/mol. The molecular formula is C18H23N3O5. The quantitative estimate of drug-likeness (QED) is 0.595. The van der Waals surface area contributed by atoms with Crippen molar-refractivity contribution >= 4 is 23.3 Å². The van der Waals surface area contributed by atoms with Gasteiger partial charge in [0, 0.05) is 36.8 Å². The van der Waals surface area contributed by atoms with E-state index in [1.165, 1.54) is 24.3 Å². The van der Waals surface area contributed by atoms with Crippen LogP contribution in [-0.4, -0.2) is 45.4 Å². The number of carboxylic acids is 1. The number of amides is 1. The normalized spacial score (nSPS) is 25.5. The number of non-ortho nitro benzene ring substituents is 1. The molecule has 1 saturated heterocycles. The lowest BCUT2D eigenvalue weighted by Crippen LogP contribution is -2.43. The van der Waals surface area contributed by atoms with E-state index in [9.17, 15) is 24.8 Å². The molecule has 1 aliphatic heterocycles. The number of fused-ring (bicyclic) bond motifs is 1. The molecule has 1 aliphatic carbocycles. The van der Waals surface area contributed by atoms with E-state index >= 15 is 0 Å². The number of carbonyl (C=O) groups excluding carboxylic acids is 1. The Morgan fingerprint density at radius 3 is 2.58 bits per heavy atom. The van der Waals surface area contributed by atoms with Crippen LogP contribution in [0.15, 0.2) is 24.3 Å². The number of likely N-dealkylation sites (tertiary alicyclic amines) is 1. The minimum atomic E-state index is -0.810. The van der Waals surface area contributed by atoms with Crippen LogP contribution in [0.3, 0.4) is 0 Å². The largest absolute Gasteiger partial charge is 0.480 e. The predicted octanol–water partition coefficient (Wildman–Crippen LogP) is 2.64. The molecule has 2 N–H and O–H groups in total. The molecule has 26 heavy (non-hydrogen) atoms. The van der Waals surface area contributed by atoms with E-state index < -0.39 is 16.9 Å². The standard InChI is InChI=1S/C18H23N3O5/c22-17(19-13-5-7-14(8-6-13)21(25)26)9-10-20-15-4-2-1-3-12(15)11-16(20)18(23)24/h5-8,12,15-16H,1-4,9-11H2,(H,19,22)(H,23,24). The molecule has 3 unspecified atom stereocenters. The monoisotopic (exact) mass is 361 g/mol. The van der Waals surface area contributed by atoms with Crippen molar-refractivity contribution in [3.63, 3.8) is 0 Å². The summed E-state index contributed by atoms with van der Waals surface area (Å²) < 4.78 is 0. The minimum absolute atomic E-state index is 0.0345. The Labute approximate surface area is 151 Å². The average molecular weight is 361 g/mol. The number of nitrogens with one attached hydrogen (secondary N) is 1. The van der Waals surface area contributed by atoms with Crippen molar-refractivity contribution in [2.24, 2.45) is 5.92 Å². The maximum Gasteiger partial charge on any atom is 0.320 e. The molecule has 1 amide bonds. The Bertz CT molecular complexity index is 691. The molecule has 3 atom stereocenters. The number of hydrogen-bond donors (Lipinski definition) is 2. The Balaban J connectivity index is 1.57. The van der Waals surface area contributed by atoms with Crippen molar-refractivity contribution in [3.05, 3.63) is 34.4 Å². The first-order valence-corrected chi connectivity index (χ1v) is 8.98. The van der Waals surface area contributed by atoms with Gasteiger partial charge in [0.05, 0.1) is 4.92 Å². The number of nitro groups is 1. The molecule has 2 fully saturated rings. The number of anilines is 1. The zero-order valence-electron chi connectivity index (χ0n) is 14.5. The molecule has 1 saturated carbocycles. The van der Waals surface area contributed by atoms with Crippen molar-refractivity contribution in [2.45, 2.75) is 50.6 Å². The van der Waals surface area contributed by atoms with E-state index in [4.69, 9.17) is 0 Å². The van der Waals surface area contributed by atoms with Gasteiger partial charge in [-0.05, 0) is 37.3 Å². The highest BCUT2D eigenvalue weighted by Crippen LogP contribution is 2.39. The van der Waals surface area contributed by atoms with Gasteiger partial charge in [-0.2, -0.15) is 0 Å². The van der Waals surface area contributed by atoms with Crippen molar-refractivity contribution in [1.82, 2.24) is 4.90 Å². The second kappa shape index (κ2) is 7.82. The molecule has 1 aromatic rings. The third-order valence-corrected chi connectivity index (χ3v) is 5.47. The number of carbonyl (C=O) groups is 2. The molecule has 0 aromatic heterocycles. The van der Waals surface area contributed by atoms with Crippen LogP contribution in [-0.2, 0) is 9.59 Å². The lowest BCUT2D eigenvalue weighted by molar-refractivity contribution is -0.384. The number of carboxylic acid groups (broad SMARTS) is 1. The van der Waals surface area contributed by atoms with E-state index in [1.54, 1.807) is 0 Å². The maximum atomic E-state index is 12.2. The van der Waals surface area contributed by atoms with Crippen LogP contribution < -0.4 is 5.32 Å². The molecule has 0 bridgehead atoms. The molecular weight excluding hydrogens is 338 g/mol. The van der Waals surface area contributed by atoms with Crippen LogP contribution >= 0.6 is 0 Å². The second-order valence-corrected chi connectivity index (χ2v) is 7.04. The van der Waals surface area contributed by atoms with Crippen LogP contribution in [0.1, 0.15) is 38.5 Å². The van der Waals surface area contributed by atoms with Crippen molar-refractivity contribution in [1.29, 1.82) is 0 Å². The zero-order chi connectivity index (χ0) is 18.7. The highest BCUT2D eigenvalue weighted by Gasteiger charge is 2.44. The van der Waals surface area contributed by atoms with Gasteiger partial charge in [-0.25, -0.2) is 0 Å². The minimum Gasteiger partial charge on any atom is -0.480 e. The van der Waals surface area contributed by atoms with Crippen LogP contribution in [0.4, 0.5) is 11.4 Å². The molecule has 0 spiro atoms. The first kappa shape index (κ1) is 18.3. The summed E-state index contributed by atoms with van der Waals surface area (Å²) >= 11 is 0. The van der Waals surface area contributed by atoms with Crippen molar-refractivity contribution in [3.8, 4) is 0 Å². The van der Waals surface area contributed by atoms with E-state index in [0.717, 1.165) is 25.7 Å². The first-order chi connectivity index (χ1) is 12.5. The highest BCUT2D eigenvalue weighted by atomic mass is 16.6. The second-order valence-electron chi connectivity index (χ2n) is 7.04. The summed E-state index contributed by atoms with van der Waals surface area (Å²) in [6.45, 7) is 0.414. The third-order valence-electron chi connectivity index (χ3n) is 5.47. The SMILES string of the molecule is O=C(CCN1C(C(=O)O)CC2CCCCC21)Nc1ccc([N+](=O)[O-])cc1. The summed E-state index contributed by atoms with van der Waals surface area (Å²) in [5.74, 6) is -0.611. The van der Waals surface area contributed by atoms with Crippen LogP contribution in [0.25, 0.3) is 0 Å². The maximum absolute atomic E-state index is 12.2. The van der Waals surface area contributed by atoms with Crippen LogP contribution in [0, 0.1) is 16.0 Å². The van der Waals surface area contributed by atoms with Gasteiger partial charge in [-0.1, -0.05) is 12.8 Å². The van der Waals surface area contributed by atoms with Gasteiger partial charge in [0.25, 0.3) is 5.69 Å². The van der Waals surface area contributed by atoms with Gasteiger partial charge < -0.3 is 10.4 Å². The number of rotatable bonds is 6. The van der Waals surface area contributed by atoms with Gasteiger partial charge in [0.2, 0.25) is 5.91 Å². The average Bonchev–Trinajstić information content (AvgIpc) is 2.99. The summed E-state index contributed by atoms with van der Waals surface area (Å²) in [6, 6.07) is 5.41. The molecule has 1 heterocycles. The third kappa shape index (κ3) is 4.01. The van der Waals surface area contributed by atoms with Gasteiger partial charge in [-0.15, -0.1) is 0 Å². The van der Waals surface area contributed by atoms with Crippen LogP contribution in [0.5, 0.6) is 0 Å². The lowest BCUT2D eigenvalue weighted by atomic mass is 9.85. The smallest absolute Gasteiger partial charge is 0.320 e. The Hall–Kier alpha value is -2.48. The summed E-state index contributed by atoms with van der Waals surface area (Å²) in [4.78, 5) is 35.9. The Morgan fingerprint density at radius 2 is 1.92 bits per heavy atom. The fourth-order valence-electron chi connectivity index (χ4n) is 4.24. The molecule has 0 radical (unpaired) electrons.